The first kappa shape index (κ1) is 14.7. The number of carbonyl (C=O) groups is 2. The van der Waals surface area contributed by atoms with Gasteiger partial charge in [-0.3, -0.25) is 10.2 Å². The summed E-state index contributed by atoms with van der Waals surface area (Å²) >= 11 is 11.6. The monoisotopic (exact) mass is 287 g/mol. The van der Waals surface area contributed by atoms with E-state index in [0.717, 1.165) is 0 Å². The molecule has 0 atom stereocenters. The molecular weight excluding hydrogens is 277 g/mol. The van der Waals surface area contributed by atoms with Crippen LogP contribution in [-0.4, -0.2) is 17.5 Å². The van der Waals surface area contributed by atoms with Gasteiger partial charge in [0.1, 0.15) is 6.61 Å². The third kappa shape index (κ3) is 3.82. The summed E-state index contributed by atoms with van der Waals surface area (Å²) in [5, 5.41) is 8.12. The van der Waals surface area contributed by atoms with E-state index in [1.165, 1.54) is 6.07 Å². The van der Waals surface area contributed by atoms with Gasteiger partial charge >= 0.3 is 5.97 Å². The second kappa shape index (κ2) is 6.52. The topological polar surface area (TPSA) is 67.2 Å². The van der Waals surface area contributed by atoms with E-state index in [0.29, 0.717) is 15.6 Å². The Hall–Kier alpha value is -1.39. The zero-order chi connectivity index (χ0) is 13.7. The van der Waals surface area contributed by atoms with Crippen molar-refractivity contribution in [2.24, 2.45) is 0 Å². The summed E-state index contributed by atoms with van der Waals surface area (Å²) in [7, 11) is 0. The van der Waals surface area contributed by atoms with Crippen molar-refractivity contribution in [2.45, 2.75) is 20.0 Å². The Morgan fingerprint density at radius 1 is 1.33 bits per heavy atom. The van der Waals surface area contributed by atoms with E-state index in [1.807, 2.05) is 0 Å². The fourth-order valence-corrected chi connectivity index (χ4v) is 1.61. The van der Waals surface area contributed by atoms with Crippen LogP contribution in [0.3, 0.4) is 0 Å². The molecule has 0 saturated heterocycles. The van der Waals surface area contributed by atoms with Crippen molar-refractivity contribution < 1.29 is 14.3 Å². The molecule has 6 heteroatoms. The molecule has 0 saturated carbocycles. The van der Waals surface area contributed by atoms with Crippen molar-refractivity contribution in [3.05, 3.63) is 33.8 Å². The molecule has 0 aliphatic carbocycles. The molecule has 1 N–H and O–H groups in total. The van der Waals surface area contributed by atoms with Gasteiger partial charge < -0.3 is 4.74 Å². The minimum absolute atomic E-state index is 0.0929. The first-order valence-corrected chi connectivity index (χ1v) is 5.94. The van der Waals surface area contributed by atoms with Crippen LogP contribution in [0, 0.1) is 5.41 Å². The fourth-order valence-electron chi connectivity index (χ4n) is 1.14. The predicted molar refractivity (Wildman–Crippen MR) is 69.3 cm³/mol. The Morgan fingerprint density at radius 2 is 2.00 bits per heavy atom. The predicted octanol–water partition coefficient (Wildman–Crippen LogP) is 3.04. The van der Waals surface area contributed by atoms with Crippen molar-refractivity contribution in [3.63, 3.8) is 0 Å². The van der Waals surface area contributed by atoms with Gasteiger partial charge in [-0.05, 0) is 12.1 Å². The Balaban J connectivity index is 2.63. The van der Waals surface area contributed by atoms with Crippen molar-refractivity contribution in [1.29, 1.82) is 5.41 Å². The lowest BCUT2D eigenvalue weighted by Crippen LogP contribution is -2.24. The molecular formula is C12H11Cl2NO3. The van der Waals surface area contributed by atoms with E-state index >= 15 is 0 Å². The van der Waals surface area contributed by atoms with E-state index in [2.05, 4.69) is 0 Å². The lowest BCUT2D eigenvalue weighted by atomic mass is 10.2. The molecule has 96 valence electrons. The third-order valence-electron chi connectivity index (χ3n) is 2.18. The molecule has 0 spiro atoms. The van der Waals surface area contributed by atoms with Crippen molar-refractivity contribution in [1.82, 2.24) is 0 Å². The SMILES string of the molecule is CCC(=O)C(=N)C(=O)OCc1ccc(Cl)cc1Cl. The van der Waals surface area contributed by atoms with E-state index in [1.54, 1.807) is 19.1 Å². The number of halogens is 2. The zero-order valence-corrected chi connectivity index (χ0v) is 11.1. The lowest BCUT2D eigenvalue weighted by Gasteiger charge is -2.06. The van der Waals surface area contributed by atoms with Gasteiger partial charge in [-0.25, -0.2) is 4.79 Å². The van der Waals surface area contributed by atoms with Gasteiger partial charge in [-0.2, -0.15) is 0 Å². The average Bonchev–Trinajstić information content (AvgIpc) is 2.35. The maximum atomic E-state index is 11.4. The summed E-state index contributed by atoms with van der Waals surface area (Å²) in [5.74, 6) is -1.50. The second-order valence-corrected chi connectivity index (χ2v) is 4.31. The van der Waals surface area contributed by atoms with E-state index in [9.17, 15) is 9.59 Å². The van der Waals surface area contributed by atoms with Gasteiger partial charge in [0.2, 0.25) is 0 Å². The minimum atomic E-state index is -0.951. The lowest BCUT2D eigenvalue weighted by molar-refractivity contribution is -0.137. The molecule has 0 amide bonds. The van der Waals surface area contributed by atoms with Crippen LogP contribution in [0.25, 0.3) is 0 Å². The molecule has 1 aromatic rings. The molecule has 4 nitrogen and oxygen atoms in total. The van der Waals surface area contributed by atoms with Crippen LogP contribution in [0.1, 0.15) is 18.9 Å². The van der Waals surface area contributed by atoms with Crippen LogP contribution in [0.4, 0.5) is 0 Å². The smallest absolute Gasteiger partial charge is 0.360 e. The highest BCUT2D eigenvalue weighted by atomic mass is 35.5. The number of ketones is 1. The Morgan fingerprint density at radius 3 is 2.56 bits per heavy atom. The molecule has 1 rings (SSSR count). The molecule has 0 heterocycles. The molecule has 0 unspecified atom stereocenters. The molecule has 0 aromatic heterocycles. The van der Waals surface area contributed by atoms with Gasteiger partial charge in [0, 0.05) is 22.0 Å². The number of hydrogen-bond donors (Lipinski definition) is 1. The molecule has 0 aliphatic heterocycles. The van der Waals surface area contributed by atoms with Crippen LogP contribution in [0.5, 0.6) is 0 Å². The number of nitrogens with one attached hydrogen (secondary N) is 1. The van der Waals surface area contributed by atoms with Gasteiger partial charge in [-0.15, -0.1) is 0 Å². The summed E-state index contributed by atoms with van der Waals surface area (Å²) in [4.78, 5) is 22.5. The second-order valence-electron chi connectivity index (χ2n) is 3.46. The van der Waals surface area contributed by atoms with Crippen molar-refractivity contribution >= 4 is 40.7 Å². The summed E-state index contributed by atoms with van der Waals surface area (Å²) in [6, 6.07) is 4.75. The standard InChI is InChI=1S/C12H11Cl2NO3/c1-2-10(16)11(15)12(17)18-6-7-3-4-8(13)5-9(7)14/h3-5,15H,2,6H2,1H3. The minimum Gasteiger partial charge on any atom is -0.456 e. The Bertz CT molecular complexity index is 500. The summed E-state index contributed by atoms with van der Waals surface area (Å²) in [5.41, 5.74) is -0.0891. The fraction of sp³-hybridized carbons (Fsp3) is 0.250. The summed E-state index contributed by atoms with van der Waals surface area (Å²) in [6.45, 7) is 1.47. The molecule has 0 bridgehead atoms. The highest BCUT2D eigenvalue weighted by molar-refractivity contribution is 6.63. The largest absolute Gasteiger partial charge is 0.456 e. The highest BCUT2D eigenvalue weighted by Gasteiger charge is 2.18. The first-order valence-electron chi connectivity index (χ1n) is 5.18. The van der Waals surface area contributed by atoms with E-state index in [-0.39, 0.29) is 13.0 Å². The molecule has 1 aromatic carbocycles. The quantitative estimate of drug-likeness (QED) is 0.514. The van der Waals surface area contributed by atoms with Gasteiger partial charge in [0.05, 0.1) is 0 Å². The van der Waals surface area contributed by atoms with E-state index < -0.39 is 17.5 Å². The van der Waals surface area contributed by atoms with Crippen LogP contribution >= 0.6 is 23.2 Å². The number of benzene rings is 1. The average molecular weight is 288 g/mol. The number of Topliss-reactive ketones (excluding diaryl/α,β-unsaturated/α-hetero) is 1. The Labute approximate surface area is 114 Å². The highest BCUT2D eigenvalue weighted by Crippen LogP contribution is 2.21. The Kier molecular flexibility index (Phi) is 5.31. The third-order valence-corrected chi connectivity index (χ3v) is 2.76. The summed E-state index contributed by atoms with van der Waals surface area (Å²) < 4.78 is 4.82. The molecule has 0 fully saturated rings. The van der Waals surface area contributed by atoms with Crippen LogP contribution < -0.4 is 0 Å². The number of hydrogen-bond acceptors (Lipinski definition) is 4. The number of ether oxygens (including phenoxy) is 1. The molecule has 0 radical (unpaired) electrons. The molecule has 18 heavy (non-hydrogen) atoms. The van der Waals surface area contributed by atoms with E-state index in [4.69, 9.17) is 33.3 Å². The van der Waals surface area contributed by atoms with Crippen molar-refractivity contribution in [2.75, 3.05) is 0 Å². The first-order chi connectivity index (χ1) is 8.45. The summed E-state index contributed by atoms with van der Waals surface area (Å²) in [6.07, 6.45) is 0.0929. The number of carbonyl (C=O) groups excluding carboxylic acids is 2. The zero-order valence-electron chi connectivity index (χ0n) is 9.63. The van der Waals surface area contributed by atoms with Crippen molar-refractivity contribution in [3.8, 4) is 0 Å². The van der Waals surface area contributed by atoms with Crippen LogP contribution in [0.2, 0.25) is 10.0 Å². The van der Waals surface area contributed by atoms with Crippen LogP contribution in [-0.2, 0) is 20.9 Å². The number of rotatable bonds is 5. The van der Waals surface area contributed by atoms with Gasteiger partial charge in [0.15, 0.2) is 11.5 Å². The molecule has 0 aliphatic rings. The van der Waals surface area contributed by atoms with Crippen LogP contribution in [0.15, 0.2) is 18.2 Å². The maximum Gasteiger partial charge on any atom is 0.360 e. The van der Waals surface area contributed by atoms with Gasteiger partial charge in [0.25, 0.3) is 0 Å². The maximum absolute atomic E-state index is 11.4. The van der Waals surface area contributed by atoms with Gasteiger partial charge in [-0.1, -0.05) is 36.2 Å². The number of esters is 1. The normalized spacial score (nSPS) is 9.94.